The van der Waals surface area contributed by atoms with Gasteiger partial charge in [-0.05, 0) is 70.9 Å². The van der Waals surface area contributed by atoms with Crippen LogP contribution in [0.5, 0.6) is 0 Å². The molecule has 170 valence electrons. The Bertz CT molecular complexity index is 1280. The Morgan fingerprint density at radius 1 is 0.971 bits per heavy atom. The lowest BCUT2D eigenvalue weighted by Gasteiger charge is -2.34. The van der Waals surface area contributed by atoms with E-state index in [1.165, 1.54) is 40.5 Å². The zero-order valence-electron chi connectivity index (χ0n) is 18.6. The Morgan fingerprint density at radius 2 is 1.68 bits per heavy atom. The number of carbonyl (C=O) groups is 2. The smallest absolute Gasteiger partial charge is 0.410 e. The molecule has 6 rings (SSSR count). The van der Waals surface area contributed by atoms with E-state index < -0.39 is 0 Å². The van der Waals surface area contributed by atoms with Crippen LogP contribution in [0.25, 0.3) is 16.7 Å². The molecule has 1 fully saturated rings. The third kappa shape index (κ3) is 3.35. The molecule has 0 aromatic heterocycles. The van der Waals surface area contributed by atoms with Gasteiger partial charge >= 0.3 is 6.09 Å². The maximum absolute atomic E-state index is 13.9. The molecule has 3 aliphatic rings. The largest absolute Gasteiger partial charge is 0.448 e. The van der Waals surface area contributed by atoms with Crippen LogP contribution < -0.4 is 0 Å². The molecule has 1 amide bonds. The van der Waals surface area contributed by atoms with E-state index >= 15 is 0 Å². The topological polar surface area (TPSA) is 46.6 Å². The number of nitrogens with zero attached hydrogens (tertiary/aromatic N) is 1. The fraction of sp³-hybridized carbons (Fsp3) is 0.241. The number of rotatable bonds is 4. The number of halogens is 1. The summed E-state index contributed by atoms with van der Waals surface area (Å²) in [6.45, 7) is 0.290. The number of hydrogen-bond acceptors (Lipinski definition) is 3. The fourth-order valence-electron chi connectivity index (χ4n) is 5.89. The van der Waals surface area contributed by atoms with Crippen molar-refractivity contribution in [1.82, 2.24) is 4.90 Å². The predicted molar refractivity (Wildman–Crippen MR) is 128 cm³/mol. The van der Waals surface area contributed by atoms with Crippen LogP contribution in [-0.4, -0.2) is 36.0 Å². The van der Waals surface area contributed by atoms with Gasteiger partial charge in [0.1, 0.15) is 12.4 Å². The Balaban J connectivity index is 1.22. The highest BCUT2D eigenvalue weighted by atomic mass is 19.1. The van der Waals surface area contributed by atoms with Gasteiger partial charge in [0.2, 0.25) is 0 Å². The second-order valence-electron chi connectivity index (χ2n) is 9.26. The third-order valence-corrected chi connectivity index (χ3v) is 7.43. The van der Waals surface area contributed by atoms with Crippen molar-refractivity contribution in [3.8, 4) is 11.1 Å². The van der Waals surface area contributed by atoms with E-state index in [9.17, 15) is 14.0 Å². The summed E-state index contributed by atoms with van der Waals surface area (Å²) in [6.07, 6.45) is 4.75. The molecule has 1 aliphatic carbocycles. The lowest BCUT2D eigenvalue weighted by molar-refractivity contribution is 0.0866. The van der Waals surface area contributed by atoms with Gasteiger partial charge in [0.25, 0.3) is 0 Å². The molecule has 34 heavy (non-hydrogen) atoms. The molecule has 1 saturated heterocycles. The summed E-state index contributed by atoms with van der Waals surface area (Å²) in [5.41, 5.74) is 6.80. The van der Waals surface area contributed by atoms with E-state index in [-0.39, 0.29) is 29.9 Å². The first kappa shape index (κ1) is 20.8. The zero-order chi connectivity index (χ0) is 23.2. The highest BCUT2D eigenvalue weighted by Crippen LogP contribution is 2.45. The molecule has 3 aromatic rings. The van der Waals surface area contributed by atoms with Gasteiger partial charge in [-0.3, -0.25) is 9.69 Å². The minimum Gasteiger partial charge on any atom is -0.448 e. The van der Waals surface area contributed by atoms with Crippen LogP contribution in [0.15, 0.2) is 72.8 Å². The number of amides is 1. The molecule has 2 bridgehead atoms. The summed E-state index contributed by atoms with van der Waals surface area (Å²) in [4.78, 5) is 26.5. The molecular weight excluding hydrogens is 429 g/mol. The zero-order valence-corrected chi connectivity index (χ0v) is 18.6. The first-order valence-corrected chi connectivity index (χ1v) is 11.7. The van der Waals surface area contributed by atoms with Crippen molar-refractivity contribution in [2.24, 2.45) is 0 Å². The second kappa shape index (κ2) is 8.24. The van der Waals surface area contributed by atoms with Gasteiger partial charge in [-0.25, -0.2) is 9.18 Å². The van der Waals surface area contributed by atoms with E-state index in [1.807, 2.05) is 35.2 Å². The Morgan fingerprint density at radius 3 is 2.35 bits per heavy atom. The van der Waals surface area contributed by atoms with Crippen molar-refractivity contribution < 1.29 is 18.7 Å². The molecular formula is C29H24FNO3. The minimum absolute atomic E-state index is 0.0107. The Hall–Kier alpha value is -3.73. The van der Waals surface area contributed by atoms with Crippen molar-refractivity contribution >= 4 is 18.0 Å². The molecule has 2 aliphatic heterocycles. The summed E-state index contributed by atoms with van der Waals surface area (Å²) in [7, 11) is 0. The number of carbonyl (C=O) groups excluding carboxylic acids is 2. The molecule has 3 aromatic carbocycles. The van der Waals surface area contributed by atoms with Crippen LogP contribution in [0.1, 0.15) is 52.2 Å². The Kier molecular flexibility index (Phi) is 5.05. The highest BCUT2D eigenvalue weighted by Gasteiger charge is 2.41. The van der Waals surface area contributed by atoms with Crippen molar-refractivity contribution in [3.63, 3.8) is 0 Å². The average molecular weight is 454 g/mol. The molecule has 0 spiro atoms. The van der Waals surface area contributed by atoms with E-state index in [2.05, 4.69) is 24.3 Å². The number of ether oxygens (including phenoxy) is 1. The number of aldehydes is 1. The molecule has 5 heteroatoms. The van der Waals surface area contributed by atoms with Crippen molar-refractivity contribution in [3.05, 3.63) is 101 Å². The molecule has 2 unspecified atom stereocenters. The lowest BCUT2D eigenvalue weighted by atomic mass is 9.92. The van der Waals surface area contributed by atoms with E-state index in [0.717, 1.165) is 24.7 Å². The maximum atomic E-state index is 13.9. The van der Waals surface area contributed by atoms with Gasteiger partial charge < -0.3 is 4.74 Å². The van der Waals surface area contributed by atoms with Gasteiger partial charge in [-0.1, -0.05) is 54.6 Å². The van der Waals surface area contributed by atoms with Gasteiger partial charge in [-0.2, -0.15) is 0 Å². The van der Waals surface area contributed by atoms with Crippen LogP contribution in [0.2, 0.25) is 0 Å². The van der Waals surface area contributed by atoms with Crippen LogP contribution in [0.3, 0.4) is 0 Å². The van der Waals surface area contributed by atoms with Crippen molar-refractivity contribution in [2.45, 2.75) is 37.3 Å². The standard InChI is InChI=1S/C29H24FNO3/c30-20-10-9-18(16-32)27(15-20)19-13-21-11-12-22(14-19)31(21)29(33)34-17-28-25-7-3-1-5-23(25)24-6-2-4-8-26(24)28/h1-10,13,15-16,21-22,28H,11-12,14,17H2. The first-order chi connectivity index (χ1) is 16.6. The first-order valence-electron chi connectivity index (χ1n) is 11.7. The van der Waals surface area contributed by atoms with Crippen LogP contribution in [0, 0.1) is 5.82 Å². The molecule has 2 atom stereocenters. The fourth-order valence-corrected chi connectivity index (χ4v) is 5.89. The summed E-state index contributed by atoms with van der Waals surface area (Å²) in [5.74, 6) is -0.347. The highest BCUT2D eigenvalue weighted by molar-refractivity contribution is 5.87. The monoisotopic (exact) mass is 453 g/mol. The van der Waals surface area contributed by atoms with E-state index in [4.69, 9.17) is 4.74 Å². The van der Waals surface area contributed by atoms with Gasteiger partial charge in [0, 0.05) is 17.5 Å². The SMILES string of the molecule is O=Cc1ccc(F)cc1C1=CC2CCC(C1)N2C(=O)OCC1c2ccccc2-c2ccccc21. The predicted octanol–water partition coefficient (Wildman–Crippen LogP) is 6.21. The van der Waals surface area contributed by atoms with Crippen LogP contribution >= 0.6 is 0 Å². The lowest BCUT2D eigenvalue weighted by Crippen LogP contribution is -2.43. The van der Waals surface area contributed by atoms with Gasteiger partial charge in [0.05, 0.1) is 6.04 Å². The number of fused-ring (bicyclic) bond motifs is 5. The average Bonchev–Trinajstić information content (AvgIpc) is 3.33. The molecule has 0 radical (unpaired) electrons. The maximum Gasteiger partial charge on any atom is 0.410 e. The quantitative estimate of drug-likeness (QED) is 0.442. The normalized spacial score (nSPS) is 20.5. The van der Waals surface area contributed by atoms with Crippen LogP contribution in [-0.2, 0) is 4.74 Å². The third-order valence-electron chi connectivity index (χ3n) is 7.43. The number of hydrogen-bond donors (Lipinski definition) is 0. The minimum atomic E-state index is -0.368. The van der Waals surface area contributed by atoms with Crippen molar-refractivity contribution in [1.29, 1.82) is 0 Å². The Labute approximate surface area is 197 Å². The van der Waals surface area contributed by atoms with Crippen molar-refractivity contribution in [2.75, 3.05) is 6.61 Å². The molecule has 0 N–H and O–H groups in total. The summed E-state index contributed by atoms with van der Waals surface area (Å²) >= 11 is 0. The van der Waals surface area contributed by atoms with E-state index in [0.29, 0.717) is 24.2 Å². The molecule has 4 nitrogen and oxygen atoms in total. The van der Waals surface area contributed by atoms with Gasteiger partial charge in [0.15, 0.2) is 6.29 Å². The summed E-state index contributed by atoms with van der Waals surface area (Å²) in [6, 6.07) is 20.7. The summed E-state index contributed by atoms with van der Waals surface area (Å²) in [5, 5.41) is 0. The molecule has 2 heterocycles. The van der Waals surface area contributed by atoms with E-state index in [1.54, 1.807) is 0 Å². The van der Waals surface area contributed by atoms with Gasteiger partial charge in [-0.15, -0.1) is 0 Å². The summed E-state index contributed by atoms with van der Waals surface area (Å²) < 4.78 is 19.8. The van der Waals surface area contributed by atoms with Crippen LogP contribution in [0.4, 0.5) is 9.18 Å². The molecule has 0 saturated carbocycles. The number of benzene rings is 3. The second-order valence-corrected chi connectivity index (χ2v) is 9.26.